The first-order valence-electron chi connectivity index (χ1n) is 6.46. The summed E-state index contributed by atoms with van der Waals surface area (Å²) in [5, 5.41) is 13.3. The molecular weight excluding hydrogens is 282 g/mol. The molecule has 0 aliphatic carbocycles. The second-order valence-corrected chi connectivity index (χ2v) is 5.20. The van der Waals surface area contributed by atoms with E-state index in [9.17, 15) is 18.4 Å². The molecule has 2 amide bonds. The third kappa shape index (κ3) is 5.02. The molecule has 0 heterocycles. The van der Waals surface area contributed by atoms with Crippen LogP contribution >= 0.6 is 0 Å². The van der Waals surface area contributed by atoms with Crippen molar-refractivity contribution in [2.24, 2.45) is 5.92 Å². The number of carboxylic acids is 1. The van der Waals surface area contributed by atoms with Crippen molar-refractivity contribution in [1.82, 2.24) is 5.32 Å². The lowest BCUT2D eigenvalue weighted by Crippen LogP contribution is -2.43. The van der Waals surface area contributed by atoms with Crippen LogP contribution in [0.5, 0.6) is 0 Å². The fourth-order valence-corrected chi connectivity index (χ4v) is 1.75. The smallest absolute Gasteiger partial charge is 0.326 e. The lowest BCUT2D eigenvalue weighted by molar-refractivity contribution is -0.139. The van der Waals surface area contributed by atoms with Crippen molar-refractivity contribution in [2.75, 3.05) is 5.32 Å². The van der Waals surface area contributed by atoms with Gasteiger partial charge >= 0.3 is 12.0 Å². The van der Waals surface area contributed by atoms with Gasteiger partial charge in [0.1, 0.15) is 17.7 Å². The number of nitrogens with one attached hydrogen (secondary N) is 2. The van der Waals surface area contributed by atoms with E-state index in [0.717, 1.165) is 12.1 Å². The molecule has 0 spiro atoms. The molecule has 0 bridgehead atoms. The number of rotatable bonds is 5. The van der Waals surface area contributed by atoms with Crippen molar-refractivity contribution in [2.45, 2.75) is 33.2 Å². The molecule has 0 radical (unpaired) electrons. The number of hydrogen-bond donors (Lipinski definition) is 3. The number of aliphatic carboxylic acids is 1. The molecule has 5 nitrogen and oxygen atoms in total. The van der Waals surface area contributed by atoms with Crippen LogP contribution in [0.15, 0.2) is 12.1 Å². The lowest BCUT2D eigenvalue weighted by Gasteiger charge is -2.17. The van der Waals surface area contributed by atoms with Crippen molar-refractivity contribution in [1.29, 1.82) is 0 Å². The third-order valence-electron chi connectivity index (χ3n) is 2.81. The van der Waals surface area contributed by atoms with Crippen molar-refractivity contribution in [3.63, 3.8) is 0 Å². The van der Waals surface area contributed by atoms with Crippen molar-refractivity contribution in [3.8, 4) is 0 Å². The zero-order valence-electron chi connectivity index (χ0n) is 12.0. The van der Waals surface area contributed by atoms with Gasteiger partial charge in [0.15, 0.2) is 0 Å². The van der Waals surface area contributed by atoms with E-state index in [1.165, 1.54) is 6.92 Å². The van der Waals surface area contributed by atoms with E-state index in [1.807, 2.05) is 13.8 Å². The highest BCUT2D eigenvalue weighted by molar-refractivity contribution is 5.92. The molecular formula is C14H18F2N2O3. The molecule has 3 N–H and O–H groups in total. The van der Waals surface area contributed by atoms with E-state index in [1.54, 1.807) is 0 Å². The monoisotopic (exact) mass is 300 g/mol. The minimum absolute atomic E-state index is 0.0555. The molecule has 0 aliphatic heterocycles. The number of halogens is 2. The van der Waals surface area contributed by atoms with Crippen LogP contribution < -0.4 is 10.6 Å². The zero-order valence-corrected chi connectivity index (χ0v) is 12.0. The summed E-state index contributed by atoms with van der Waals surface area (Å²) >= 11 is 0. The normalized spacial score (nSPS) is 12.1. The average Bonchev–Trinajstić information content (AvgIpc) is 2.34. The average molecular weight is 300 g/mol. The second-order valence-electron chi connectivity index (χ2n) is 5.20. The number of benzene rings is 1. The summed E-state index contributed by atoms with van der Waals surface area (Å²) in [4.78, 5) is 22.7. The Bertz CT molecular complexity index is 547. The first-order chi connectivity index (χ1) is 9.70. The van der Waals surface area contributed by atoms with Crippen LogP contribution in [0.1, 0.15) is 25.8 Å². The Hall–Kier alpha value is -2.18. The molecule has 1 aromatic rings. The van der Waals surface area contributed by atoms with E-state index in [4.69, 9.17) is 5.11 Å². The molecule has 0 aliphatic rings. The number of aryl methyl sites for hydroxylation is 1. The van der Waals surface area contributed by atoms with Gasteiger partial charge in [0, 0.05) is 6.07 Å². The van der Waals surface area contributed by atoms with Crippen LogP contribution in [-0.4, -0.2) is 23.1 Å². The summed E-state index contributed by atoms with van der Waals surface area (Å²) < 4.78 is 26.9. The Morgan fingerprint density at radius 1 is 1.24 bits per heavy atom. The van der Waals surface area contributed by atoms with E-state index >= 15 is 0 Å². The maximum absolute atomic E-state index is 13.6. The minimum atomic E-state index is -1.19. The molecule has 1 rings (SSSR count). The van der Waals surface area contributed by atoms with Gasteiger partial charge in [-0.05, 0) is 30.9 Å². The molecule has 0 aromatic heterocycles. The Kier molecular flexibility index (Phi) is 5.63. The SMILES string of the molecule is Cc1cc(F)c(NC(=O)NC(CC(C)C)C(=O)O)cc1F. The number of urea groups is 1. The minimum Gasteiger partial charge on any atom is -0.480 e. The first kappa shape index (κ1) is 16.9. The van der Waals surface area contributed by atoms with Gasteiger partial charge in [0.05, 0.1) is 5.69 Å². The van der Waals surface area contributed by atoms with Gasteiger partial charge in [0.2, 0.25) is 0 Å². The van der Waals surface area contributed by atoms with E-state index in [-0.39, 0.29) is 23.6 Å². The predicted octanol–water partition coefficient (Wildman–Crippen LogP) is 2.89. The number of carbonyl (C=O) groups is 2. The van der Waals surface area contributed by atoms with Gasteiger partial charge in [-0.2, -0.15) is 0 Å². The highest BCUT2D eigenvalue weighted by Gasteiger charge is 2.21. The Morgan fingerprint density at radius 2 is 1.86 bits per heavy atom. The van der Waals surface area contributed by atoms with Crippen molar-refractivity contribution >= 4 is 17.7 Å². The van der Waals surface area contributed by atoms with Gasteiger partial charge in [-0.15, -0.1) is 0 Å². The highest BCUT2D eigenvalue weighted by atomic mass is 19.1. The molecule has 7 heteroatoms. The maximum Gasteiger partial charge on any atom is 0.326 e. The molecule has 1 unspecified atom stereocenters. The van der Waals surface area contributed by atoms with E-state index in [0.29, 0.717) is 0 Å². The summed E-state index contributed by atoms with van der Waals surface area (Å²) in [6, 6.07) is -0.190. The van der Waals surface area contributed by atoms with Gasteiger partial charge in [-0.3, -0.25) is 0 Å². The van der Waals surface area contributed by atoms with Gasteiger partial charge < -0.3 is 15.7 Å². The molecule has 0 saturated carbocycles. The largest absolute Gasteiger partial charge is 0.480 e. The van der Waals surface area contributed by atoms with Crippen molar-refractivity contribution < 1.29 is 23.5 Å². The summed E-state index contributed by atoms with van der Waals surface area (Å²) in [5.41, 5.74) is -0.231. The summed E-state index contributed by atoms with van der Waals surface area (Å²) in [6.07, 6.45) is 0.230. The summed E-state index contributed by atoms with van der Waals surface area (Å²) in [5.74, 6) is -2.59. The highest BCUT2D eigenvalue weighted by Crippen LogP contribution is 2.18. The van der Waals surface area contributed by atoms with Crippen LogP contribution in [-0.2, 0) is 4.79 Å². The Balaban J connectivity index is 2.77. The second kappa shape index (κ2) is 7.01. The van der Waals surface area contributed by atoms with Crippen LogP contribution in [0.4, 0.5) is 19.3 Å². The van der Waals surface area contributed by atoms with Crippen LogP contribution in [0.25, 0.3) is 0 Å². The predicted molar refractivity (Wildman–Crippen MR) is 74.1 cm³/mol. The number of carbonyl (C=O) groups excluding carboxylic acids is 1. The fraction of sp³-hybridized carbons (Fsp3) is 0.429. The molecule has 21 heavy (non-hydrogen) atoms. The quantitative estimate of drug-likeness (QED) is 0.782. The molecule has 1 atom stereocenters. The third-order valence-corrected chi connectivity index (χ3v) is 2.81. The van der Waals surface area contributed by atoms with E-state index < -0.39 is 29.7 Å². The fourth-order valence-electron chi connectivity index (χ4n) is 1.75. The molecule has 1 aromatic carbocycles. The number of amides is 2. The first-order valence-corrected chi connectivity index (χ1v) is 6.46. The summed E-state index contributed by atoms with van der Waals surface area (Å²) in [7, 11) is 0. The maximum atomic E-state index is 13.6. The molecule has 0 saturated heterocycles. The topological polar surface area (TPSA) is 78.4 Å². The van der Waals surface area contributed by atoms with Gasteiger partial charge in [-0.1, -0.05) is 13.8 Å². The van der Waals surface area contributed by atoms with Crippen molar-refractivity contribution in [3.05, 3.63) is 29.3 Å². The zero-order chi connectivity index (χ0) is 16.2. The Morgan fingerprint density at radius 3 is 2.38 bits per heavy atom. The van der Waals surface area contributed by atoms with E-state index in [2.05, 4.69) is 10.6 Å². The van der Waals surface area contributed by atoms with Crippen LogP contribution in [0.3, 0.4) is 0 Å². The lowest BCUT2D eigenvalue weighted by atomic mass is 10.0. The van der Waals surface area contributed by atoms with Crippen LogP contribution in [0.2, 0.25) is 0 Å². The number of hydrogen-bond acceptors (Lipinski definition) is 2. The molecule has 0 fully saturated rings. The standard InChI is InChI=1S/C14H18F2N2O3/c1-7(2)4-12(13(19)20)18-14(21)17-11-6-9(15)8(3)5-10(11)16/h5-7,12H,4H2,1-3H3,(H,19,20)(H2,17,18,21). The Labute approximate surface area is 121 Å². The van der Waals surface area contributed by atoms with Gasteiger partial charge in [0.25, 0.3) is 0 Å². The summed E-state index contributed by atoms with van der Waals surface area (Å²) in [6.45, 7) is 5.01. The number of carboxylic acid groups (broad SMARTS) is 1. The molecule has 116 valence electrons. The number of anilines is 1. The van der Waals surface area contributed by atoms with Gasteiger partial charge in [-0.25, -0.2) is 18.4 Å². The van der Waals surface area contributed by atoms with Crippen LogP contribution in [0, 0.1) is 24.5 Å².